The molecule has 0 saturated carbocycles. The quantitative estimate of drug-likeness (QED) is 0.268. The normalized spacial score (nSPS) is 26.9. The smallest absolute Gasteiger partial charge is 0.255 e. The van der Waals surface area contributed by atoms with Crippen molar-refractivity contribution in [1.82, 2.24) is 15.2 Å². The van der Waals surface area contributed by atoms with E-state index in [4.69, 9.17) is 5.73 Å². The molecule has 1 aromatic heterocycles. The van der Waals surface area contributed by atoms with Crippen LogP contribution >= 0.6 is 0 Å². The molecule has 11 nitrogen and oxygen atoms in total. The lowest BCUT2D eigenvalue weighted by atomic mass is 9.58. The molecule has 3 aliphatic rings. The number of Topliss-reactive ketones (excluding diaryl/α,β-unsaturated/α-hetero) is 2. The van der Waals surface area contributed by atoms with Crippen molar-refractivity contribution in [3.05, 3.63) is 75.5 Å². The second-order valence-electron chi connectivity index (χ2n) is 10.4. The first-order valence-corrected chi connectivity index (χ1v) is 12.3. The lowest BCUT2D eigenvalue weighted by molar-refractivity contribution is -0.148. The number of aliphatic hydroxyl groups is 3. The number of primary amides is 1. The van der Waals surface area contributed by atoms with E-state index in [1.54, 1.807) is 20.2 Å². The Morgan fingerprint density at radius 1 is 1.18 bits per heavy atom. The molecular formula is C27H30N4O7. The molecule has 0 unspecified atom stereocenters. The number of aliphatic hydroxyl groups excluding tert-OH is 2. The molecule has 3 aliphatic carbocycles. The Morgan fingerprint density at radius 2 is 1.92 bits per heavy atom. The number of phenolic OH excluding ortho intramolecular Hbond substituents is 1. The molecule has 11 heteroatoms. The third kappa shape index (κ3) is 3.65. The topological polar surface area (TPSA) is 189 Å². The number of nitrogens with two attached hydrogens (primary N) is 1. The fraction of sp³-hybridized carbons (Fsp3) is 0.370. The van der Waals surface area contributed by atoms with Gasteiger partial charge in [-0.25, -0.2) is 0 Å². The van der Waals surface area contributed by atoms with Gasteiger partial charge in [-0.05, 0) is 62.2 Å². The van der Waals surface area contributed by atoms with Gasteiger partial charge < -0.3 is 36.5 Å². The molecule has 8 N–H and O–H groups in total. The van der Waals surface area contributed by atoms with Crippen LogP contribution in [-0.4, -0.2) is 73.5 Å². The number of aromatic hydroxyl groups is 1. The minimum atomic E-state index is -2.64. The fourth-order valence-electron chi connectivity index (χ4n) is 6.29. The maximum absolute atomic E-state index is 13.7. The number of hydrogen-bond acceptors (Lipinski definition) is 9. The number of hydrogen-bond donors (Lipinski definition) is 7. The summed E-state index contributed by atoms with van der Waals surface area (Å²) in [6, 6.07) is 5.94. The van der Waals surface area contributed by atoms with Crippen LogP contribution in [0.1, 0.15) is 33.6 Å². The van der Waals surface area contributed by atoms with Gasteiger partial charge in [-0.15, -0.1) is 0 Å². The number of nitrogens with one attached hydrogen (secondary N) is 2. The van der Waals surface area contributed by atoms with Crippen molar-refractivity contribution in [1.29, 1.82) is 0 Å². The van der Waals surface area contributed by atoms with E-state index in [1.807, 2.05) is 18.3 Å². The van der Waals surface area contributed by atoms with Crippen LogP contribution in [0.5, 0.6) is 5.75 Å². The summed E-state index contributed by atoms with van der Waals surface area (Å²) >= 11 is 0. The van der Waals surface area contributed by atoms with Crippen molar-refractivity contribution in [2.45, 2.75) is 37.6 Å². The first-order valence-electron chi connectivity index (χ1n) is 12.3. The average Bonchev–Trinajstić information content (AvgIpc) is 3.36. The van der Waals surface area contributed by atoms with Gasteiger partial charge in [0.05, 0.1) is 11.6 Å². The number of aromatic nitrogens is 1. The van der Waals surface area contributed by atoms with E-state index in [2.05, 4.69) is 10.3 Å². The molecular weight excluding hydrogens is 492 g/mol. The van der Waals surface area contributed by atoms with Crippen LogP contribution < -0.4 is 11.1 Å². The van der Waals surface area contributed by atoms with Crippen LogP contribution in [0.15, 0.2) is 53.1 Å². The molecule has 0 saturated heterocycles. The molecule has 1 aromatic carbocycles. The van der Waals surface area contributed by atoms with Crippen LogP contribution in [0.25, 0.3) is 0 Å². The molecule has 4 atom stereocenters. The first kappa shape index (κ1) is 25.7. The number of fused-ring (bicyclic) bond motifs is 3. The Bertz CT molecular complexity index is 1410. The molecule has 2 aromatic rings. The minimum Gasteiger partial charge on any atom is -0.510 e. The van der Waals surface area contributed by atoms with E-state index in [1.165, 1.54) is 11.0 Å². The monoisotopic (exact) mass is 522 g/mol. The summed E-state index contributed by atoms with van der Waals surface area (Å²) < 4.78 is 0. The molecule has 0 bridgehead atoms. The van der Waals surface area contributed by atoms with Crippen LogP contribution in [0.4, 0.5) is 0 Å². The Labute approximate surface area is 218 Å². The summed E-state index contributed by atoms with van der Waals surface area (Å²) in [5.41, 5.74) is 4.11. The largest absolute Gasteiger partial charge is 0.510 e. The predicted molar refractivity (Wildman–Crippen MR) is 135 cm³/mol. The zero-order valence-electron chi connectivity index (χ0n) is 21.0. The van der Waals surface area contributed by atoms with Crippen LogP contribution in [0, 0.1) is 11.8 Å². The number of allylic oxidation sites excluding steroid dienone is 1. The van der Waals surface area contributed by atoms with Gasteiger partial charge >= 0.3 is 0 Å². The van der Waals surface area contributed by atoms with Crippen molar-refractivity contribution in [3.63, 3.8) is 0 Å². The summed E-state index contributed by atoms with van der Waals surface area (Å²) in [5, 5.41) is 47.8. The number of likely N-dealkylation sites (N-methyl/N-ethyl adjacent to an activating group) is 1. The van der Waals surface area contributed by atoms with Crippen molar-refractivity contribution < 1.29 is 34.8 Å². The van der Waals surface area contributed by atoms with E-state index in [0.717, 1.165) is 11.3 Å². The number of amides is 1. The number of carbonyl (C=O) groups excluding carboxylic acids is 3. The molecule has 200 valence electrons. The highest BCUT2D eigenvalue weighted by Gasteiger charge is 2.63. The van der Waals surface area contributed by atoms with E-state index in [-0.39, 0.29) is 29.7 Å². The number of nitrogens with zero attached hydrogens (tertiary/aromatic N) is 1. The Morgan fingerprint density at radius 3 is 2.55 bits per heavy atom. The van der Waals surface area contributed by atoms with Gasteiger partial charge in [0.25, 0.3) is 5.91 Å². The van der Waals surface area contributed by atoms with Gasteiger partial charge in [0.1, 0.15) is 22.8 Å². The van der Waals surface area contributed by atoms with E-state index >= 15 is 0 Å². The van der Waals surface area contributed by atoms with Crippen LogP contribution in [0.3, 0.4) is 0 Å². The van der Waals surface area contributed by atoms with Gasteiger partial charge in [-0.3, -0.25) is 19.3 Å². The maximum atomic E-state index is 13.7. The number of rotatable bonds is 6. The number of H-pyrrole nitrogens is 1. The van der Waals surface area contributed by atoms with E-state index in [0.29, 0.717) is 18.7 Å². The highest BCUT2D eigenvalue weighted by Crippen LogP contribution is 2.52. The zero-order chi connectivity index (χ0) is 27.5. The fourth-order valence-corrected chi connectivity index (χ4v) is 6.29. The molecule has 0 radical (unpaired) electrons. The van der Waals surface area contributed by atoms with E-state index in [9.17, 15) is 34.8 Å². The van der Waals surface area contributed by atoms with E-state index < -0.39 is 58.0 Å². The number of benzene rings is 1. The highest BCUT2D eigenvalue weighted by molar-refractivity contribution is 6.24. The van der Waals surface area contributed by atoms with Crippen molar-refractivity contribution >= 4 is 17.5 Å². The highest BCUT2D eigenvalue weighted by atomic mass is 16.3. The molecule has 1 amide bonds. The standard InChI is InChI=1S/C27H30N4O7/c1-31(2)21-16-9-13-8-15-12(10-29-11-14-4-3-7-30-14)5-6-17(32)19(15)22(33)18(13)24(35)27(16,38)25(36)20(23(21)34)26(28)37/h3-7,13,16,21,29-30,32,34-35,38H,8-11H2,1-2H3,(H2,28,37)/t13-,16-,21-,27-/m1/s1. The van der Waals surface area contributed by atoms with Crippen LogP contribution in [0.2, 0.25) is 0 Å². The number of phenols is 1. The lowest BCUT2D eigenvalue weighted by Gasteiger charge is -2.50. The van der Waals surface area contributed by atoms with Gasteiger partial charge in [-0.1, -0.05) is 6.07 Å². The molecule has 38 heavy (non-hydrogen) atoms. The predicted octanol–water partition coefficient (Wildman–Crippen LogP) is 0.739. The Kier molecular flexibility index (Phi) is 6.17. The second kappa shape index (κ2) is 9.12. The SMILES string of the molecule is CN(C)[C@H]1C(O)=C(C(N)=O)C(=O)[C@]2(O)C(O)=C3C(=O)c4c(O)ccc(CNCc5ccc[nH]5)c4C[C@@H]3C[C@H]12. The molecule has 0 fully saturated rings. The molecule has 0 aliphatic heterocycles. The number of carbonyl (C=O) groups is 3. The van der Waals surface area contributed by atoms with Crippen molar-refractivity contribution in [3.8, 4) is 5.75 Å². The third-order valence-electron chi connectivity index (χ3n) is 8.00. The van der Waals surface area contributed by atoms with Gasteiger partial charge in [0, 0.05) is 36.5 Å². The lowest BCUT2D eigenvalue weighted by Crippen LogP contribution is -2.63. The maximum Gasteiger partial charge on any atom is 0.255 e. The van der Waals surface area contributed by atoms with Gasteiger partial charge in [0.2, 0.25) is 5.78 Å². The Balaban J connectivity index is 1.58. The Hall–Kier alpha value is -3.93. The molecule has 1 heterocycles. The van der Waals surface area contributed by atoms with Crippen LogP contribution in [-0.2, 0) is 29.1 Å². The van der Waals surface area contributed by atoms with Crippen molar-refractivity contribution in [2.75, 3.05) is 14.1 Å². The average molecular weight is 523 g/mol. The zero-order valence-corrected chi connectivity index (χ0v) is 21.0. The third-order valence-corrected chi connectivity index (χ3v) is 8.00. The minimum absolute atomic E-state index is 0.00459. The first-order chi connectivity index (χ1) is 18.0. The summed E-state index contributed by atoms with van der Waals surface area (Å²) in [7, 11) is 3.19. The van der Waals surface area contributed by atoms with Crippen molar-refractivity contribution in [2.24, 2.45) is 17.6 Å². The molecule has 0 spiro atoms. The number of ketones is 2. The summed E-state index contributed by atoms with van der Waals surface area (Å²) in [6.07, 6.45) is 2.12. The molecule has 5 rings (SSSR count). The number of aromatic amines is 1. The summed E-state index contributed by atoms with van der Waals surface area (Å²) in [5.74, 6) is -6.59. The second-order valence-corrected chi connectivity index (χ2v) is 10.4. The van der Waals surface area contributed by atoms with Gasteiger partial charge in [-0.2, -0.15) is 0 Å². The van der Waals surface area contributed by atoms with Gasteiger partial charge in [0.15, 0.2) is 11.4 Å². The summed E-state index contributed by atoms with van der Waals surface area (Å²) in [6.45, 7) is 0.964. The summed E-state index contributed by atoms with van der Waals surface area (Å²) in [4.78, 5) is 43.7.